The van der Waals surface area contributed by atoms with E-state index in [1.165, 1.54) is 70.6 Å². The van der Waals surface area contributed by atoms with Gasteiger partial charge in [0, 0.05) is 19.3 Å². The molecule has 6 heteroatoms. The molecule has 82 heavy (non-hydrogen) atoms. The molecule has 1 unspecified atom stereocenters. The van der Waals surface area contributed by atoms with Crippen molar-refractivity contribution in [1.29, 1.82) is 0 Å². The highest BCUT2D eigenvalue weighted by atomic mass is 16.6. The Morgan fingerprint density at radius 2 is 0.476 bits per heavy atom. The summed E-state index contributed by atoms with van der Waals surface area (Å²) in [4.78, 5) is 38.4. The van der Waals surface area contributed by atoms with Gasteiger partial charge in [0.1, 0.15) is 13.2 Å². The van der Waals surface area contributed by atoms with Crippen molar-refractivity contribution in [1.82, 2.24) is 0 Å². The minimum Gasteiger partial charge on any atom is -0.462 e. The lowest BCUT2D eigenvalue weighted by atomic mass is 10.0. The van der Waals surface area contributed by atoms with Crippen molar-refractivity contribution < 1.29 is 28.6 Å². The van der Waals surface area contributed by atoms with E-state index in [1.807, 2.05) is 0 Å². The molecule has 460 valence electrons. The molecule has 0 radical (unpaired) electrons. The van der Waals surface area contributed by atoms with Gasteiger partial charge in [-0.3, -0.25) is 14.4 Å². The summed E-state index contributed by atoms with van der Waals surface area (Å²) in [6.45, 7) is 6.32. The molecular weight excluding hydrogens is 1010 g/mol. The highest BCUT2D eigenvalue weighted by molar-refractivity contribution is 5.71. The van der Waals surface area contributed by atoms with Gasteiger partial charge in [-0.2, -0.15) is 0 Å². The van der Waals surface area contributed by atoms with Crippen LogP contribution in [0.3, 0.4) is 0 Å². The van der Waals surface area contributed by atoms with Crippen LogP contribution in [0.25, 0.3) is 0 Å². The van der Waals surface area contributed by atoms with Crippen molar-refractivity contribution in [3.8, 4) is 0 Å². The first-order chi connectivity index (χ1) is 40.5. The summed E-state index contributed by atoms with van der Waals surface area (Å²) in [6, 6.07) is 0. The number of ether oxygens (including phenoxy) is 3. The van der Waals surface area contributed by atoms with Gasteiger partial charge >= 0.3 is 17.9 Å². The van der Waals surface area contributed by atoms with Crippen LogP contribution in [0.1, 0.15) is 271 Å². The van der Waals surface area contributed by atoms with Crippen LogP contribution in [0.5, 0.6) is 0 Å². The number of carbonyl (C=O) groups is 3. The molecule has 0 saturated carbocycles. The van der Waals surface area contributed by atoms with Crippen molar-refractivity contribution in [3.63, 3.8) is 0 Å². The van der Waals surface area contributed by atoms with Gasteiger partial charge in [-0.1, -0.05) is 274 Å². The van der Waals surface area contributed by atoms with Crippen LogP contribution in [0, 0.1) is 0 Å². The van der Waals surface area contributed by atoms with Crippen molar-refractivity contribution in [3.05, 3.63) is 170 Å². The maximum absolute atomic E-state index is 12.9. The Morgan fingerprint density at radius 1 is 0.256 bits per heavy atom. The Hall–Kier alpha value is -5.23. The predicted molar refractivity (Wildman–Crippen MR) is 357 cm³/mol. The SMILES string of the molecule is CC/C=C\C/C=C\C/C=C\C/C=C\C/C=C\C/C=C\C/C=C\C/C=C\CCCCC(=O)OCC(COC(=O)CCCCCCC/C=C\C/C=C\CCCC)OC(=O)CCCCCCCCCCCC/C=C\C/C=C\C/C=C\C/C=C\CC. The summed E-state index contributed by atoms with van der Waals surface area (Å²) in [5.74, 6) is -0.973. The highest BCUT2D eigenvalue weighted by Gasteiger charge is 2.19. The highest BCUT2D eigenvalue weighted by Crippen LogP contribution is 2.15. The van der Waals surface area contributed by atoms with Crippen LogP contribution >= 0.6 is 0 Å². The lowest BCUT2D eigenvalue weighted by Gasteiger charge is -2.18. The fourth-order valence-corrected chi connectivity index (χ4v) is 8.52. The lowest BCUT2D eigenvalue weighted by molar-refractivity contribution is -0.167. The number of rotatable bonds is 58. The topological polar surface area (TPSA) is 78.9 Å². The van der Waals surface area contributed by atoms with Crippen molar-refractivity contribution >= 4 is 17.9 Å². The maximum atomic E-state index is 12.9. The fourth-order valence-electron chi connectivity index (χ4n) is 8.52. The Kier molecular flexibility index (Phi) is 63.9. The van der Waals surface area contributed by atoms with E-state index in [1.54, 1.807) is 0 Å². The second kappa shape index (κ2) is 68.3. The molecule has 0 rings (SSSR count). The molecular formula is C76H120O6. The van der Waals surface area contributed by atoms with Crippen LogP contribution < -0.4 is 0 Å². The molecule has 0 amide bonds. The van der Waals surface area contributed by atoms with E-state index >= 15 is 0 Å². The summed E-state index contributed by atoms with van der Waals surface area (Å²) in [5, 5.41) is 0. The molecule has 1 atom stereocenters. The summed E-state index contributed by atoms with van der Waals surface area (Å²) in [7, 11) is 0. The average Bonchev–Trinajstić information content (AvgIpc) is 3.48. The molecule has 0 saturated heterocycles. The fraction of sp³-hybridized carbons (Fsp3) is 0.592. The second-order valence-electron chi connectivity index (χ2n) is 21.3. The standard InChI is InChI=1S/C76H120O6/c1-4-7-10-13-16-19-22-25-28-30-32-34-36-37-38-39-41-42-44-46-48-51-54-57-60-63-66-69-75(78)81-72-73(71-80-74(77)68-65-62-59-56-53-50-27-24-21-18-15-12-9-6-3)82-76(79)70-67-64-61-58-55-52-49-47-45-43-40-35-33-31-29-26-23-20-17-14-11-8-5-2/h7-8,10-11,15-20,24-29,32-35,37-38,41-42,46,48,54,57,73H,4-6,9,12-14,21-23,30-31,36,39-40,43-45,47,49-53,55-56,58-72H2,1-3H3/b10-7-,11-8-,18-15-,19-16-,20-17-,27-24-,28-25-,29-26-,34-32-,35-33-,38-37-,42-41-,48-46-,57-54-. The quantitative estimate of drug-likeness (QED) is 0.0261. The van der Waals surface area contributed by atoms with E-state index in [0.29, 0.717) is 25.7 Å². The molecule has 6 nitrogen and oxygen atoms in total. The molecule has 0 aromatic rings. The summed E-state index contributed by atoms with van der Waals surface area (Å²) in [5.41, 5.74) is 0. The van der Waals surface area contributed by atoms with Crippen LogP contribution in [-0.2, 0) is 28.6 Å². The van der Waals surface area contributed by atoms with Gasteiger partial charge < -0.3 is 14.2 Å². The first kappa shape index (κ1) is 76.8. The normalized spacial score (nSPS) is 13.3. The van der Waals surface area contributed by atoms with Gasteiger partial charge in [-0.25, -0.2) is 0 Å². The zero-order valence-electron chi connectivity index (χ0n) is 52.7. The molecule has 0 aliphatic carbocycles. The van der Waals surface area contributed by atoms with Gasteiger partial charge in [0.05, 0.1) is 0 Å². The Morgan fingerprint density at radius 3 is 0.768 bits per heavy atom. The third-order valence-electron chi connectivity index (χ3n) is 13.4. The molecule has 0 aliphatic rings. The van der Waals surface area contributed by atoms with Gasteiger partial charge in [0.15, 0.2) is 6.10 Å². The van der Waals surface area contributed by atoms with E-state index < -0.39 is 6.10 Å². The number of esters is 3. The number of allylic oxidation sites excluding steroid dienone is 28. The molecule has 0 aromatic heterocycles. The van der Waals surface area contributed by atoms with Crippen LogP contribution in [0.4, 0.5) is 0 Å². The lowest BCUT2D eigenvalue weighted by Crippen LogP contribution is -2.30. The summed E-state index contributed by atoms with van der Waals surface area (Å²) >= 11 is 0. The number of unbranched alkanes of at least 4 members (excludes halogenated alkanes) is 19. The van der Waals surface area contributed by atoms with E-state index in [4.69, 9.17) is 14.2 Å². The molecule has 0 bridgehead atoms. The molecule has 0 heterocycles. The number of carbonyl (C=O) groups excluding carboxylic acids is 3. The first-order valence-corrected chi connectivity index (χ1v) is 33.1. The van der Waals surface area contributed by atoms with Gasteiger partial charge in [-0.15, -0.1) is 0 Å². The largest absolute Gasteiger partial charge is 0.462 e. The molecule has 0 spiro atoms. The smallest absolute Gasteiger partial charge is 0.306 e. The van der Waals surface area contributed by atoms with E-state index in [-0.39, 0.29) is 31.1 Å². The van der Waals surface area contributed by atoms with E-state index in [2.05, 4.69) is 191 Å². The van der Waals surface area contributed by atoms with Gasteiger partial charge in [0.25, 0.3) is 0 Å². The third-order valence-corrected chi connectivity index (χ3v) is 13.4. The van der Waals surface area contributed by atoms with Crippen LogP contribution in [0.2, 0.25) is 0 Å². The predicted octanol–water partition coefficient (Wildman–Crippen LogP) is 23.0. The average molecular weight is 1130 g/mol. The molecule has 0 aliphatic heterocycles. The maximum Gasteiger partial charge on any atom is 0.306 e. The van der Waals surface area contributed by atoms with E-state index in [9.17, 15) is 14.4 Å². The summed E-state index contributed by atoms with van der Waals surface area (Å²) in [6.07, 6.45) is 101. The van der Waals surface area contributed by atoms with Crippen molar-refractivity contribution in [2.75, 3.05) is 13.2 Å². The first-order valence-electron chi connectivity index (χ1n) is 33.1. The minimum atomic E-state index is -0.815. The number of hydrogen-bond donors (Lipinski definition) is 0. The van der Waals surface area contributed by atoms with E-state index in [0.717, 1.165) is 154 Å². The Bertz CT molecular complexity index is 1870. The van der Waals surface area contributed by atoms with Crippen molar-refractivity contribution in [2.24, 2.45) is 0 Å². The number of hydrogen-bond acceptors (Lipinski definition) is 6. The van der Waals surface area contributed by atoms with Crippen LogP contribution in [0.15, 0.2) is 170 Å². The molecule has 0 N–H and O–H groups in total. The zero-order valence-corrected chi connectivity index (χ0v) is 52.7. The van der Waals surface area contributed by atoms with Crippen LogP contribution in [-0.4, -0.2) is 37.2 Å². The molecule has 0 fully saturated rings. The summed E-state index contributed by atoms with van der Waals surface area (Å²) < 4.78 is 16.9. The Balaban J connectivity index is 4.48. The second-order valence-corrected chi connectivity index (χ2v) is 21.3. The van der Waals surface area contributed by atoms with Crippen molar-refractivity contribution in [2.45, 2.75) is 277 Å². The molecule has 0 aromatic carbocycles. The third kappa shape index (κ3) is 65.6. The zero-order chi connectivity index (χ0) is 59.2. The van der Waals surface area contributed by atoms with Gasteiger partial charge in [-0.05, 0) is 148 Å². The minimum absolute atomic E-state index is 0.108. The van der Waals surface area contributed by atoms with Gasteiger partial charge in [0.2, 0.25) is 0 Å². The monoisotopic (exact) mass is 1130 g/mol. The Labute approximate surface area is 504 Å².